The zero-order chi connectivity index (χ0) is 13.1. The highest BCUT2D eigenvalue weighted by molar-refractivity contribution is 5.99. The van der Waals surface area contributed by atoms with E-state index in [0.717, 1.165) is 18.7 Å². The molecule has 0 saturated carbocycles. The normalized spacial score (nSPS) is 15.5. The standard InChI is InChI=1S/C13H14N4O2/c18-13(17-7-5-15-6-8-17)11-9-19-16-12(11)10-1-3-14-4-2-10/h1-4,9,15H,5-8H2. The third-order valence-corrected chi connectivity index (χ3v) is 3.16. The van der Waals surface area contributed by atoms with Crippen molar-refractivity contribution < 1.29 is 9.32 Å². The smallest absolute Gasteiger partial charge is 0.259 e. The maximum Gasteiger partial charge on any atom is 0.259 e. The number of pyridine rings is 1. The van der Waals surface area contributed by atoms with Crippen molar-refractivity contribution in [2.24, 2.45) is 0 Å². The quantitative estimate of drug-likeness (QED) is 0.862. The van der Waals surface area contributed by atoms with Crippen LogP contribution >= 0.6 is 0 Å². The van der Waals surface area contributed by atoms with Crippen molar-refractivity contribution >= 4 is 5.91 Å². The molecular weight excluding hydrogens is 244 g/mol. The highest BCUT2D eigenvalue weighted by atomic mass is 16.5. The molecular formula is C13H14N4O2. The molecule has 1 aliphatic rings. The number of amides is 1. The molecule has 1 amide bonds. The average Bonchev–Trinajstić information content (AvgIpc) is 2.98. The highest BCUT2D eigenvalue weighted by Gasteiger charge is 2.23. The summed E-state index contributed by atoms with van der Waals surface area (Å²) in [5.41, 5.74) is 1.92. The Kier molecular flexibility index (Phi) is 3.24. The minimum atomic E-state index is -0.0328. The lowest BCUT2D eigenvalue weighted by Gasteiger charge is -2.27. The van der Waals surface area contributed by atoms with E-state index in [9.17, 15) is 4.79 Å². The van der Waals surface area contributed by atoms with E-state index in [4.69, 9.17) is 4.52 Å². The van der Waals surface area contributed by atoms with E-state index in [-0.39, 0.29) is 5.91 Å². The first-order valence-corrected chi connectivity index (χ1v) is 6.21. The van der Waals surface area contributed by atoms with Crippen molar-refractivity contribution in [1.82, 2.24) is 20.4 Å². The van der Waals surface area contributed by atoms with E-state index in [1.807, 2.05) is 17.0 Å². The van der Waals surface area contributed by atoms with Crippen molar-refractivity contribution in [3.8, 4) is 11.3 Å². The van der Waals surface area contributed by atoms with Gasteiger partial charge in [-0.25, -0.2) is 0 Å². The molecule has 1 aliphatic heterocycles. The predicted molar refractivity (Wildman–Crippen MR) is 68.5 cm³/mol. The third kappa shape index (κ3) is 2.34. The summed E-state index contributed by atoms with van der Waals surface area (Å²) in [5, 5.41) is 7.16. The van der Waals surface area contributed by atoms with E-state index >= 15 is 0 Å². The Balaban J connectivity index is 1.89. The number of nitrogens with one attached hydrogen (secondary N) is 1. The molecule has 0 aromatic carbocycles. The van der Waals surface area contributed by atoms with Crippen LogP contribution in [0.1, 0.15) is 10.4 Å². The van der Waals surface area contributed by atoms with Crippen LogP contribution in [-0.4, -0.2) is 47.1 Å². The minimum absolute atomic E-state index is 0.0328. The lowest BCUT2D eigenvalue weighted by atomic mass is 10.1. The fourth-order valence-electron chi connectivity index (χ4n) is 2.14. The Morgan fingerprint density at radius 2 is 2.00 bits per heavy atom. The van der Waals surface area contributed by atoms with Crippen LogP contribution in [0.5, 0.6) is 0 Å². The van der Waals surface area contributed by atoms with Crippen molar-refractivity contribution in [2.75, 3.05) is 26.2 Å². The Bertz CT molecular complexity index is 561. The van der Waals surface area contributed by atoms with Gasteiger partial charge < -0.3 is 14.7 Å². The first-order chi connectivity index (χ1) is 9.36. The molecule has 0 radical (unpaired) electrons. The lowest BCUT2D eigenvalue weighted by molar-refractivity contribution is 0.0736. The Morgan fingerprint density at radius 1 is 1.26 bits per heavy atom. The van der Waals surface area contributed by atoms with Crippen LogP contribution in [-0.2, 0) is 0 Å². The van der Waals surface area contributed by atoms with Crippen LogP contribution in [0.25, 0.3) is 11.3 Å². The molecule has 1 saturated heterocycles. The molecule has 2 aromatic heterocycles. The lowest BCUT2D eigenvalue weighted by Crippen LogP contribution is -2.46. The second-order valence-electron chi connectivity index (χ2n) is 4.35. The Hall–Kier alpha value is -2.21. The summed E-state index contributed by atoms with van der Waals surface area (Å²) in [4.78, 5) is 18.2. The van der Waals surface area contributed by atoms with Crippen LogP contribution in [0.3, 0.4) is 0 Å². The van der Waals surface area contributed by atoms with Gasteiger partial charge in [0, 0.05) is 44.1 Å². The van der Waals surface area contributed by atoms with E-state index < -0.39 is 0 Å². The van der Waals surface area contributed by atoms with E-state index in [1.54, 1.807) is 12.4 Å². The fraction of sp³-hybridized carbons (Fsp3) is 0.308. The molecule has 6 nitrogen and oxygen atoms in total. The van der Waals surface area contributed by atoms with E-state index in [2.05, 4.69) is 15.5 Å². The van der Waals surface area contributed by atoms with Crippen molar-refractivity contribution in [3.05, 3.63) is 36.4 Å². The molecule has 19 heavy (non-hydrogen) atoms. The number of nitrogens with zero attached hydrogens (tertiary/aromatic N) is 3. The highest BCUT2D eigenvalue weighted by Crippen LogP contribution is 2.22. The molecule has 2 aromatic rings. The largest absolute Gasteiger partial charge is 0.363 e. The fourth-order valence-corrected chi connectivity index (χ4v) is 2.14. The topological polar surface area (TPSA) is 71.3 Å². The first-order valence-electron chi connectivity index (χ1n) is 6.21. The molecule has 6 heteroatoms. The Labute approximate surface area is 110 Å². The molecule has 0 unspecified atom stereocenters. The number of piperazine rings is 1. The van der Waals surface area contributed by atoms with E-state index in [0.29, 0.717) is 24.3 Å². The van der Waals surface area contributed by atoms with Crippen LogP contribution in [0.2, 0.25) is 0 Å². The molecule has 3 rings (SSSR count). The summed E-state index contributed by atoms with van der Waals surface area (Å²) in [6.45, 7) is 3.06. The first kappa shape index (κ1) is 11.9. The second kappa shape index (κ2) is 5.19. The average molecular weight is 258 g/mol. The van der Waals surface area contributed by atoms with Crippen LogP contribution < -0.4 is 5.32 Å². The summed E-state index contributed by atoms with van der Waals surface area (Å²) in [6.07, 6.45) is 4.76. The summed E-state index contributed by atoms with van der Waals surface area (Å²) in [5.74, 6) is -0.0328. The van der Waals surface area contributed by atoms with Gasteiger partial charge in [0.2, 0.25) is 0 Å². The van der Waals surface area contributed by atoms with Gasteiger partial charge in [0.05, 0.1) is 0 Å². The van der Waals surface area contributed by atoms with Gasteiger partial charge in [-0.15, -0.1) is 0 Å². The zero-order valence-electron chi connectivity index (χ0n) is 10.4. The van der Waals surface area contributed by atoms with E-state index in [1.165, 1.54) is 6.26 Å². The van der Waals surface area contributed by atoms with Crippen LogP contribution in [0.4, 0.5) is 0 Å². The summed E-state index contributed by atoms with van der Waals surface area (Å²) in [6, 6.07) is 3.62. The summed E-state index contributed by atoms with van der Waals surface area (Å²) in [7, 11) is 0. The SMILES string of the molecule is O=C(c1conc1-c1ccncc1)N1CCNCC1. The monoisotopic (exact) mass is 258 g/mol. The summed E-state index contributed by atoms with van der Waals surface area (Å²) >= 11 is 0. The minimum Gasteiger partial charge on any atom is -0.363 e. The second-order valence-corrected chi connectivity index (χ2v) is 4.35. The number of hydrogen-bond donors (Lipinski definition) is 1. The molecule has 1 N–H and O–H groups in total. The summed E-state index contributed by atoms with van der Waals surface area (Å²) < 4.78 is 4.98. The predicted octanol–water partition coefficient (Wildman–Crippen LogP) is 0.782. The van der Waals surface area contributed by atoms with Gasteiger partial charge in [-0.1, -0.05) is 5.16 Å². The third-order valence-electron chi connectivity index (χ3n) is 3.16. The van der Waals surface area contributed by atoms with Crippen LogP contribution in [0.15, 0.2) is 35.3 Å². The molecule has 0 aliphatic carbocycles. The molecule has 98 valence electrons. The van der Waals surface area contributed by atoms with Gasteiger partial charge >= 0.3 is 0 Å². The van der Waals surface area contributed by atoms with Gasteiger partial charge in [0.15, 0.2) is 0 Å². The molecule has 3 heterocycles. The van der Waals surface area contributed by atoms with Crippen LogP contribution in [0, 0.1) is 0 Å². The Morgan fingerprint density at radius 3 is 2.74 bits per heavy atom. The number of hydrogen-bond acceptors (Lipinski definition) is 5. The maximum atomic E-state index is 12.4. The zero-order valence-corrected chi connectivity index (χ0v) is 10.4. The van der Waals surface area contributed by atoms with Crippen molar-refractivity contribution in [1.29, 1.82) is 0 Å². The number of carbonyl (C=O) groups excluding carboxylic acids is 1. The van der Waals surface area contributed by atoms with Gasteiger partial charge in [0.1, 0.15) is 17.5 Å². The number of carbonyl (C=O) groups is 1. The van der Waals surface area contributed by atoms with Gasteiger partial charge in [-0.05, 0) is 12.1 Å². The van der Waals surface area contributed by atoms with Gasteiger partial charge in [-0.3, -0.25) is 9.78 Å². The molecule has 1 fully saturated rings. The molecule has 0 bridgehead atoms. The van der Waals surface area contributed by atoms with Crippen molar-refractivity contribution in [3.63, 3.8) is 0 Å². The molecule has 0 spiro atoms. The number of rotatable bonds is 2. The maximum absolute atomic E-state index is 12.4. The molecule has 0 atom stereocenters. The van der Waals surface area contributed by atoms with Crippen molar-refractivity contribution in [2.45, 2.75) is 0 Å². The van der Waals surface area contributed by atoms with Gasteiger partial charge in [-0.2, -0.15) is 0 Å². The van der Waals surface area contributed by atoms with Gasteiger partial charge in [0.25, 0.3) is 5.91 Å². The number of aromatic nitrogens is 2.